The summed E-state index contributed by atoms with van der Waals surface area (Å²) in [5, 5.41) is 4.19. The zero-order chi connectivity index (χ0) is 17.8. The van der Waals surface area contributed by atoms with E-state index >= 15 is 0 Å². The smallest absolute Gasteiger partial charge is 0.225 e. The van der Waals surface area contributed by atoms with Gasteiger partial charge in [-0.25, -0.2) is 9.97 Å². The highest BCUT2D eigenvalue weighted by molar-refractivity contribution is 9.10. The molecule has 0 aliphatic carbocycles. The number of nitrogens with zero attached hydrogens (tertiary/aromatic N) is 3. The molecule has 0 spiro atoms. The molecular formula is C19H25BrN4O. The number of halogens is 1. The highest BCUT2D eigenvalue weighted by Crippen LogP contribution is 2.29. The zero-order valence-corrected chi connectivity index (χ0v) is 16.4. The number of rotatable bonds is 5. The van der Waals surface area contributed by atoms with Gasteiger partial charge in [0.15, 0.2) is 0 Å². The monoisotopic (exact) mass is 404 g/mol. The van der Waals surface area contributed by atoms with Crippen LogP contribution < -0.4 is 10.2 Å². The lowest BCUT2D eigenvalue weighted by Gasteiger charge is -2.34. The van der Waals surface area contributed by atoms with Crippen molar-refractivity contribution in [2.75, 3.05) is 18.0 Å². The molecule has 0 saturated carbocycles. The van der Waals surface area contributed by atoms with Crippen molar-refractivity contribution in [1.29, 1.82) is 0 Å². The average molecular weight is 405 g/mol. The number of anilines is 1. The molecule has 2 atom stereocenters. The van der Waals surface area contributed by atoms with Crippen molar-refractivity contribution >= 4 is 38.6 Å². The van der Waals surface area contributed by atoms with Crippen LogP contribution in [0.3, 0.4) is 0 Å². The summed E-state index contributed by atoms with van der Waals surface area (Å²) in [4.78, 5) is 23.7. The van der Waals surface area contributed by atoms with E-state index in [4.69, 9.17) is 0 Å². The summed E-state index contributed by atoms with van der Waals surface area (Å²) in [7, 11) is 0. The maximum absolute atomic E-state index is 12.6. The van der Waals surface area contributed by atoms with Crippen molar-refractivity contribution < 1.29 is 4.79 Å². The van der Waals surface area contributed by atoms with Crippen LogP contribution in [0.4, 0.5) is 5.82 Å². The van der Waals surface area contributed by atoms with E-state index in [1.54, 1.807) is 6.33 Å². The van der Waals surface area contributed by atoms with Crippen molar-refractivity contribution in [3.05, 3.63) is 29.0 Å². The standard InChI is InChI=1S/C19H25BrN4O/c1-3-5-13(2)23-19(25)14-6-4-9-24(11-14)18-16-10-15(20)7-8-17(16)21-12-22-18/h7-8,10,12-14H,3-6,9,11H2,1-2H3,(H,23,25). The molecule has 1 fully saturated rings. The lowest BCUT2D eigenvalue weighted by molar-refractivity contribution is -0.125. The maximum Gasteiger partial charge on any atom is 0.225 e. The minimum absolute atomic E-state index is 0.0187. The van der Waals surface area contributed by atoms with Gasteiger partial charge < -0.3 is 10.2 Å². The van der Waals surface area contributed by atoms with Crippen molar-refractivity contribution in [3.8, 4) is 0 Å². The zero-order valence-electron chi connectivity index (χ0n) is 14.8. The van der Waals surface area contributed by atoms with Crippen LogP contribution in [0.25, 0.3) is 10.9 Å². The summed E-state index contributed by atoms with van der Waals surface area (Å²) < 4.78 is 1.01. The molecule has 6 heteroatoms. The number of piperidine rings is 1. The van der Waals surface area contributed by atoms with Crippen LogP contribution in [0, 0.1) is 5.92 Å². The molecule has 3 rings (SSSR count). The second-order valence-electron chi connectivity index (χ2n) is 6.84. The summed E-state index contributed by atoms with van der Waals surface area (Å²) in [6, 6.07) is 6.27. The van der Waals surface area contributed by atoms with Crippen LogP contribution in [0.1, 0.15) is 39.5 Å². The van der Waals surface area contributed by atoms with Crippen molar-refractivity contribution in [1.82, 2.24) is 15.3 Å². The Labute approximate surface area is 157 Å². The number of amides is 1. The van der Waals surface area contributed by atoms with Gasteiger partial charge in [0.1, 0.15) is 12.1 Å². The van der Waals surface area contributed by atoms with Gasteiger partial charge in [-0.1, -0.05) is 29.3 Å². The molecule has 25 heavy (non-hydrogen) atoms. The minimum Gasteiger partial charge on any atom is -0.355 e. The van der Waals surface area contributed by atoms with Gasteiger partial charge in [0, 0.05) is 29.0 Å². The number of nitrogens with one attached hydrogen (secondary N) is 1. The highest BCUT2D eigenvalue weighted by Gasteiger charge is 2.28. The summed E-state index contributed by atoms with van der Waals surface area (Å²) in [5.74, 6) is 1.11. The molecule has 1 aromatic carbocycles. The number of hydrogen-bond acceptors (Lipinski definition) is 4. The maximum atomic E-state index is 12.6. The fourth-order valence-electron chi connectivity index (χ4n) is 3.52. The number of carbonyl (C=O) groups is 1. The fourth-order valence-corrected chi connectivity index (χ4v) is 3.88. The molecule has 0 radical (unpaired) electrons. The first-order valence-corrected chi connectivity index (χ1v) is 9.83. The quantitative estimate of drug-likeness (QED) is 0.820. The third-order valence-electron chi connectivity index (χ3n) is 4.78. The molecule has 134 valence electrons. The summed E-state index contributed by atoms with van der Waals surface area (Å²) in [6.45, 7) is 5.86. The second kappa shape index (κ2) is 8.13. The Kier molecular flexibility index (Phi) is 5.89. The molecule has 2 aromatic rings. The van der Waals surface area contributed by atoms with Crippen LogP contribution in [0.2, 0.25) is 0 Å². The molecule has 1 saturated heterocycles. The predicted octanol–water partition coefficient (Wildman–Crippen LogP) is 3.91. The topological polar surface area (TPSA) is 58.1 Å². The predicted molar refractivity (Wildman–Crippen MR) is 105 cm³/mol. The molecule has 1 aliphatic rings. The van der Waals surface area contributed by atoms with E-state index < -0.39 is 0 Å². The average Bonchev–Trinajstić information content (AvgIpc) is 2.61. The van der Waals surface area contributed by atoms with Gasteiger partial charge in [0.25, 0.3) is 0 Å². The first-order valence-electron chi connectivity index (χ1n) is 9.04. The Bertz CT molecular complexity index is 751. The van der Waals surface area contributed by atoms with Crippen molar-refractivity contribution in [2.45, 2.75) is 45.6 Å². The van der Waals surface area contributed by atoms with Gasteiger partial charge in [-0.05, 0) is 44.4 Å². The Morgan fingerprint density at radius 1 is 1.44 bits per heavy atom. The van der Waals surface area contributed by atoms with E-state index in [-0.39, 0.29) is 17.9 Å². The van der Waals surface area contributed by atoms with Crippen LogP contribution in [-0.4, -0.2) is 35.0 Å². The van der Waals surface area contributed by atoms with E-state index in [0.29, 0.717) is 6.54 Å². The Balaban J connectivity index is 1.78. The van der Waals surface area contributed by atoms with Crippen LogP contribution in [0.15, 0.2) is 29.0 Å². The van der Waals surface area contributed by atoms with Gasteiger partial charge in [0.2, 0.25) is 5.91 Å². The molecule has 1 N–H and O–H groups in total. The summed E-state index contributed by atoms with van der Waals surface area (Å²) in [5.41, 5.74) is 0.927. The molecule has 1 aromatic heterocycles. The highest BCUT2D eigenvalue weighted by atomic mass is 79.9. The lowest BCUT2D eigenvalue weighted by atomic mass is 9.96. The second-order valence-corrected chi connectivity index (χ2v) is 7.76. The number of benzene rings is 1. The molecule has 1 amide bonds. The number of hydrogen-bond donors (Lipinski definition) is 1. The molecule has 0 bridgehead atoms. The third kappa shape index (κ3) is 4.29. The van der Waals surface area contributed by atoms with Gasteiger partial charge in [0.05, 0.1) is 11.4 Å². The van der Waals surface area contributed by atoms with E-state index in [1.165, 1.54) is 0 Å². The summed E-state index contributed by atoms with van der Waals surface area (Å²) in [6.07, 6.45) is 5.65. The fraction of sp³-hybridized carbons (Fsp3) is 0.526. The van der Waals surface area contributed by atoms with Crippen molar-refractivity contribution in [3.63, 3.8) is 0 Å². The van der Waals surface area contributed by atoms with E-state index in [1.807, 2.05) is 12.1 Å². The van der Waals surface area contributed by atoms with Crippen LogP contribution in [-0.2, 0) is 4.79 Å². The number of carbonyl (C=O) groups excluding carboxylic acids is 1. The summed E-state index contributed by atoms with van der Waals surface area (Å²) >= 11 is 3.53. The van der Waals surface area contributed by atoms with Crippen LogP contribution >= 0.6 is 15.9 Å². The van der Waals surface area contributed by atoms with E-state index in [9.17, 15) is 4.79 Å². The SMILES string of the molecule is CCCC(C)NC(=O)C1CCCN(c2ncnc3ccc(Br)cc23)C1. The molecular weight excluding hydrogens is 380 g/mol. The lowest BCUT2D eigenvalue weighted by Crippen LogP contribution is -2.45. The Hall–Kier alpha value is -1.69. The number of fused-ring (bicyclic) bond motifs is 1. The van der Waals surface area contributed by atoms with Gasteiger partial charge in [-0.3, -0.25) is 4.79 Å². The van der Waals surface area contributed by atoms with Gasteiger partial charge >= 0.3 is 0 Å². The molecule has 1 aliphatic heterocycles. The van der Waals surface area contributed by atoms with Gasteiger partial charge in [-0.2, -0.15) is 0 Å². The van der Waals surface area contributed by atoms with Gasteiger partial charge in [-0.15, -0.1) is 0 Å². The van der Waals surface area contributed by atoms with E-state index in [0.717, 1.165) is 53.4 Å². The third-order valence-corrected chi connectivity index (χ3v) is 5.27. The molecule has 2 heterocycles. The Morgan fingerprint density at radius 2 is 2.28 bits per heavy atom. The normalized spacial score (nSPS) is 19.0. The largest absolute Gasteiger partial charge is 0.355 e. The minimum atomic E-state index is 0.0187. The molecule has 5 nitrogen and oxygen atoms in total. The first kappa shape index (κ1) is 18.1. The first-order chi connectivity index (χ1) is 12.1. The van der Waals surface area contributed by atoms with E-state index in [2.05, 4.69) is 56.0 Å². The molecule has 2 unspecified atom stereocenters. The van der Waals surface area contributed by atoms with Crippen molar-refractivity contribution in [2.24, 2.45) is 5.92 Å². The number of aromatic nitrogens is 2. The Morgan fingerprint density at radius 3 is 3.08 bits per heavy atom. The van der Waals surface area contributed by atoms with Crippen LogP contribution in [0.5, 0.6) is 0 Å².